The number of carbonyl (C=O) groups excluding carboxylic acids is 1. The lowest BCUT2D eigenvalue weighted by Crippen LogP contribution is -2.45. The molecule has 0 aromatic rings. The van der Waals surface area contributed by atoms with E-state index in [2.05, 4.69) is 43.5 Å². The monoisotopic (exact) mass is 730 g/mol. The highest BCUT2D eigenvalue weighted by Gasteiger charge is 2.17. The summed E-state index contributed by atoms with van der Waals surface area (Å²) in [6.07, 6.45) is 58.3. The second-order valence-corrected chi connectivity index (χ2v) is 15.8. The summed E-state index contributed by atoms with van der Waals surface area (Å²) < 4.78 is 0. The summed E-state index contributed by atoms with van der Waals surface area (Å²) in [6.45, 7) is 4.31. The third-order valence-electron chi connectivity index (χ3n) is 10.6. The van der Waals surface area contributed by atoms with Crippen LogP contribution in [0.15, 0.2) is 36.5 Å². The predicted molar refractivity (Wildman–Crippen MR) is 230 cm³/mol. The lowest BCUT2D eigenvalue weighted by Gasteiger charge is -2.19. The van der Waals surface area contributed by atoms with Crippen LogP contribution in [0.4, 0.5) is 0 Å². The first-order chi connectivity index (χ1) is 25.7. The lowest BCUT2D eigenvalue weighted by molar-refractivity contribution is -0.123. The highest BCUT2D eigenvalue weighted by atomic mass is 16.3. The number of hydrogen-bond acceptors (Lipinski definition) is 3. The number of amides is 1. The van der Waals surface area contributed by atoms with Crippen LogP contribution in [0.5, 0.6) is 0 Å². The van der Waals surface area contributed by atoms with Gasteiger partial charge in [-0.2, -0.15) is 0 Å². The minimum Gasteiger partial charge on any atom is -0.394 e. The van der Waals surface area contributed by atoms with Crippen LogP contribution in [0.1, 0.15) is 245 Å². The molecule has 1 amide bonds. The van der Waals surface area contributed by atoms with Gasteiger partial charge in [-0.05, 0) is 44.9 Å². The average molecular weight is 730 g/mol. The van der Waals surface area contributed by atoms with Crippen LogP contribution >= 0.6 is 0 Å². The standard InChI is InChI=1S/C48H91NO3/c1-3-5-7-9-11-13-15-17-19-21-23-24-25-26-27-29-31-33-35-37-39-41-43-47(51)46(45-50)49-48(52)44-42-40-38-36-34-32-30-28-22-20-18-16-14-12-10-8-6-4-2/h26-27,33,35,41,43,46-47,50-51H,3-25,28-32,34,36-40,42,44-45H2,1-2H3,(H,49,52)/b27-26+,35-33+,43-41+. The van der Waals surface area contributed by atoms with Gasteiger partial charge in [-0.25, -0.2) is 0 Å². The summed E-state index contributed by atoms with van der Waals surface area (Å²) in [7, 11) is 0. The number of aliphatic hydroxyl groups excluding tert-OH is 2. The molecule has 0 fully saturated rings. The Balaban J connectivity index is 3.61. The Morgan fingerprint density at radius 2 is 0.750 bits per heavy atom. The number of aliphatic hydroxyl groups is 2. The maximum atomic E-state index is 12.4. The molecule has 2 atom stereocenters. The third kappa shape index (κ3) is 39.8. The van der Waals surface area contributed by atoms with E-state index >= 15 is 0 Å². The molecular weight excluding hydrogens is 639 g/mol. The molecule has 0 aromatic heterocycles. The van der Waals surface area contributed by atoms with Gasteiger partial charge in [0.25, 0.3) is 0 Å². The fourth-order valence-electron chi connectivity index (χ4n) is 7.03. The number of rotatable bonds is 42. The molecule has 0 saturated carbocycles. The molecule has 0 aliphatic rings. The molecule has 0 rings (SSSR count). The maximum absolute atomic E-state index is 12.4. The number of unbranched alkanes of at least 4 members (excludes halogenated alkanes) is 31. The number of nitrogens with one attached hydrogen (secondary N) is 1. The third-order valence-corrected chi connectivity index (χ3v) is 10.6. The van der Waals surface area contributed by atoms with E-state index in [4.69, 9.17) is 0 Å². The molecule has 0 aromatic carbocycles. The molecule has 0 bridgehead atoms. The number of allylic oxidation sites excluding steroid dienone is 5. The zero-order chi connectivity index (χ0) is 37.8. The van der Waals surface area contributed by atoms with Gasteiger partial charge in [0.1, 0.15) is 0 Å². The SMILES string of the molecule is CCCCCCCCCCCCCC/C=C/CC/C=C/CC/C=C/C(O)C(CO)NC(=O)CCCCCCCCCCCCCCCCCCCC. The fraction of sp³-hybridized carbons (Fsp3) is 0.854. The van der Waals surface area contributed by atoms with Gasteiger partial charge < -0.3 is 15.5 Å². The van der Waals surface area contributed by atoms with Crippen LogP contribution in [0.3, 0.4) is 0 Å². The molecule has 306 valence electrons. The molecule has 0 aliphatic carbocycles. The van der Waals surface area contributed by atoms with Crippen molar-refractivity contribution in [3.8, 4) is 0 Å². The van der Waals surface area contributed by atoms with Crippen LogP contribution < -0.4 is 5.32 Å². The van der Waals surface area contributed by atoms with E-state index in [1.165, 1.54) is 186 Å². The molecule has 0 spiro atoms. The van der Waals surface area contributed by atoms with Crippen molar-refractivity contribution >= 4 is 5.91 Å². The largest absolute Gasteiger partial charge is 0.394 e. The molecule has 4 heteroatoms. The Labute approximate surface area is 325 Å². The normalized spacial score (nSPS) is 13.2. The van der Waals surface area contributed by atoms with Gasteiger partial charge in [0.05, 0.1) is 18.8 Å². The zero-order valence-electron chi connectivity index (χ0n) is 35.1. The Hall–Kier alpha value is -1.39. The van der Waals surface area contributed by atoms with Crippen LogP contribution in [0.25, 0.3) is 0 Å². The highest BCUT2D eigenvalue weighted by molar-refractivity contribution is 5.76. The number of hydrogen-bond donors (Lipinski definition) is 3. The first kappa shape index (κ1) is 50.6. The summed E-state index contributed by atoms with van der Waals surface area (Å²) in [6, 6.07) is -0.642. The summed E-state index contributed by atoms with van der Waals surface area (Å²) in [4.78, 5) is 12.4. The van der Waals surface area contributed by atoms with Crippen LogP contribution in [-0.4, -0.2) is 34.9 Å². The highest BCUT2D eigenvalue weighted by Crippen LogP contribution is 2.15. The summed E-state index contributed by atoms with van der Waals surface area (Å²) in [5.41, 5.74) is 0. The Morgan fingerprint density at radius 1 is 0.442 bits per heavy atom. The van der Waals surface area contributed by atoms with E-state index < -0.39 is 12.1 Å². The summed E-state index contributed by atoms with van der Waals surface area (Å²) in [5.74, 6) is -0.0749. The summed E-state index contributed by atoms with van der Waals surface area (Å²) in [5, 5.41) is 23.0. The van der Waals surface area contributed by atoms with Crippen molar-refractivity contribution in [2.24, 2.45) is 0 Å². The smallest absolute Gasteiger partial charge is 0.220 e. The van der Waals surface area contributed by atoms with Gasteiger partial charge >= 0.3 is 0 Å². The number of carbonyl (C=O) groups is 1. The van der Waals surface area contributed by atoms with Crippen LogP contribution in [-0.2, 0) is 4.79 Å². The molecule has 0 radical (unpaired) electrons. The first-order valence-corrected chi connectivity index (χ1v) is 23.2. The fourth-order valence-corrected chi connectivity index (χ4v) is 7.03. The Bertz CT molecular complexity index is 790. The van der Waals surface area contributed by atoms with Gasteiger partial charge in [-0.1, -0.05) is 230 Å². The zero-order valence-corrected chi connectivity index (χ0v) is 35.1. The van der Waals surface area contributed by atoms with E-state index in [1.807, 2.05) is 6.08 Å². The van der Waals surface area contributed by atoms with E-state index in [-0.39, 0.29) is 12.5 Å². The lowest BCUT2D eigenvalue weighted by atomic mass is 10.0. The van der Waals surface area contributed by atoms with Crippen molar-refractivity contribution in [1.29, 1.82) is 0 Å². The molecule has 52 heavy (non-hydrogen) atoms. The molecule has 0 heterocycles. The first-order valence-electron chi connectivity index (χ1n) is 23.2. The molecule has 0 saturated heterocycles. The van der Waals surface area contributed by atoms with Gasteiger partial charge in [0.15, 0.2) is 0 Å². The molecular formula is C48H91NO3. The van der Waals surface area contributed by atoms with Crippen molar-refractivity contribution in [2.45, 2.75) is 257 Å². The van der Waals surface area contributed by atoms with E-state index in [0.717, 1.165) is 38.5 Å². The minimum absolute atomic E-state index is 0.0749. The second kappa shape index (κ2) is 44.0. The summed E-state index contributed by atoms with van der Waals surface area (Å²) >= 11 is 0. The van der Waals surface area contributed by atoms with E-state index in [1.54, 1.807) is 6.08 Å². The van der Waals surface area contributed by atoms with Crippen molar-refractivity contribution in [3.63, 3.8) is 0 Å². The van der Waals surface area contributed by atoms with Crippen molar-refractivity contribution in [1.82, 2.24) is 5.32 Å². The Kier molecular flexibility index (Phi) is 42.8. The van der Waals surface area contributed by atoms with Crippen molar-refractivity contribution in [3.05, 3.63) is 36.5 Å². The Morgan fingerprint density at radius 3 is 1.12 bits per heavy atom. The predicted octanol–water partition coefficient (Wildman–Crippen LogP) is 14.6. The van der Waals surface area contributed by atoms with Crippen molar-refractivity contribution in [2.75, 3.05) is 6.61 Å². The maximum Gasteiger partial charge on any atom is 0.220 e. The molecule has 3 N–H and O–H groups in total. The van der Waals surface area contributed by atoms with Gasteiger partial charge in [0, 0.05) is 6.42 Å². The molecule has 4 nitrogen and oxygen atoms in total. The van der Waals surface area contributed by atoms with Crippen LogP contribution in [0, 0.1) is 0 Å². The average Bonchev–Trinajstić information content (AvgIpc) is 3.15. The van der Waals surface area contributed by atoms with Gasteiger partial charge in [-0.15, -0.1) is 0 Å². The molecule has 2 unspecified atom stereocenters. The minimum atomic E-state index is -0.867. The van der Waals surface area contributed by atoms with E-state index in [9.17, 15) is 15.0 Å². The quantitative estimate of drug-likeness (QED) is 0.0433. The van der Waals surface area contributed by atoms with E-state index in [0.29, 0.717) is 6.42 Å². The van der Waals surface area contributed by atoms with Gasteiger partial charge in [0.2, 0.25) is 5.91 Å². The topological polar surface area (TPSA) is 69.6 Å². The second-order valence-electron chi connectivity index (χ2n) is 15.8. The molecule has 0 aliphatic heterocycles. The van der Waals surface area contributed by atoms with Gasteiger partial charge in [-0.3, -0.25) is 4.79 Å². The van der Waals surface area contributed by atoms with Crippen LogP contribution in [0.2, 0.25) is 0 Å². The van der Waals surface area contributed by atoms with Crippen molar-refractivity contribution < 1.29 is 15.0 Å².